The van der Waals surface area contributed by atoms with Gasteiger partial charge in [0, 0.05) is 39.8 Å². The topological polar surface area (TPSA) is 27.3 Å². The van der Waals surface area contributed by atoms with Crippen molar-refractivity contribution in [3.05, 3.63) is 187 Å². The fourth-order valence-corrected chi connectivity index (χ4v) is 5.85. The molecule has 7 rings (SSSR count). The van der Waals surface area contributed by atoms with Gasteiger partial charge in [0.15, 0.2) is 0 Å². The number of rotatable bonds is 9. The van der Waals surface area contributed by atoms with Gasteiger partial charge in [0.1, 0.15) is 0 Å². The molecule has 0 amide bonds. The number of hydrogen-bond acceptors (Lipinski definition) is 3. The van der Waals surface area contributed by atoms with Crippen LogP contribution in [0.25, 0.3) is 22.3 Å². The van der Waals surface area contributed by atoms with Crippen molar-refractivity contribution in [2.75, 3.05) is 15.5 Å². The van der Waals surface area contributed by atoms with Crippen molar-refractivity contribution in [3.63, 3.8) is 0 Å². The first-order chi connectivity index (χ1) is 24.5. The van der Waals surface area contributed by atoms with Crippen LogP contribution in [0.2, 0.25) is 0 Å². The van der Waals surface area contributed by atoms with E-state index in [1.165, 1.54) is 38.9 Å². The molecule has 0 unspecified atom stereocenters. The maximum absolute atomic E-state index is 3.49. The monoisotopic (exact) mass is 651 g/mol. The molecule has 0 bridgehead atoms. The molecule has 0 aliphatic heterocycles. The zero-order valence-corrected chi connectivity index (χ0v) is 29.6. The van der Waals surface area contributed by atoms with Gasteiger partial charge in [-0.2, -0.15) is 0 Å². The first-order valence-corrected chi connectivity index (χ1v) is 17.4. The number of benzene rings is 7. The maximum atomic E-state index is 3.49. The Labute approximate surface area is 297 Å². The van der Waals surface area contributed by atoms with E-state index in [1.807, 2.05) is 13.8 Å². The van der Waals surface area contributed by atoms with Gasteiger partial charge in [0.25, 0.3) is 0 Å². The van der Waals surface area contributed by atoms with Gasteiger partial charge in [0.05, 0.1) is 0 Å². The summed E-state index contributed by atoms with van der Waals surface area (Å²) in [7, 11) is 0. The largest absolute Gasteiger partial charge is 0.356 e. The second kappa shape index (κ2) is 15.9. The first-order valence-electron chi connectivity index (χ1n) is 17.4. The molecule has 0 aliphatic carbocycles. The molecule has 7 aromatic carbocycles. The van der Waals surface area contributed by atoms with Crippen LogP contribution in [0.1, 0.15) is 30.5 Å². The van der Waals surface area contributed by atoms with Crippen LogP contribution in [-0.2, 0) is 0 Å². The summed E-state index contributed by atoms with van der Waals surface area (Å²) < 4.78 is 0. The van der Waals surface area contributed by atoms with Crippen molar-refractivity contribution in [2.45, 2.75) is 34.6 Å². The zero-order chi connectivity index (χ0) is 34.9. The molecule has 50 heavy (non-hydrogen) atoms. The Balaban J connectivity index is 0.00000212. The van der Waals surface area contributed by atoms with Gasteiger partial charge in [-0.25, -0.2) is 0 Å². The highest BCUT2D eigenvalue weighted by Crippen LogP contribution is 2.37. The van der Waals surface area contributed by atoms with E-state index in [9.17, 15) is 0 Å². The average Bonchev–Trinajstić information content (AvgIpc) is 3.16. The van der Waals surface area contributed by atoms with Crippen LogP contribution in [0.5, 0.6) is 0 Å². The number of nitrogens with one attached hydrogen (secondary N) is 2. The van der Waals surface area contributed by atoms with Gasteiger partial charge >= 0.3 is 0 Å². The lowest BCUT2D eigenvalue weighted by atomic mass is 10.0. The fraction of sp³-hybridized carbons (Fsp3) is 0.106. The van der Waals surface area contributed by atoms with E-state index in [0.29, 0.717) is 0 Å². The average molecular weight is 652 g/mol. The predicted molar refractivity (Wildman–Crippen MR) is 217 cm³/mol. The van der Waals surface area contributed by atoms with E-state index < -0.39 is 0 Å². The molecule has 0 aromatic heterocycles. The summed E-state index contributed by atoms with van der Waals surface area (Å²) in [4.78, 5) is 2.32. The van der Waals surface area contributed by atoms with E-state index in [4.69, 9.17) is 0 Å². The van der Waals surface area contributed by atoms with Gasteiger partial charge in [-0.3, -0.25) is 0 Å². The summed E-state index contributed by atoms with van der Waals surface area (Å²) in [5.74, 6) is 0. The van der Waals surface area contributed by atoms with Gasteiger partial charge in [0.2, 0.25) is 0 Å². The van der Waals surface area contributed by atoms with E-state index >= 15 is 0 Å². The van der Waals surface area contributed by atoms with Crippen molar-refractivity contribution < 1.29 is 0 Å². The van der Waals surface area contributed by atoms with Crippen molar-refractivity contribution in [2.24, 2.45) is 0 Å². The third-order valence-electron chi connectivity index (χ3n) is 8.66. The molecule has 0 saturated carbocycles. The van der Waals surface area contributed by atoms with E-state index in [1.54, 1.807) is 0 Å². The normalized spacial score (nSPS) is 10.5. The Kier molecular flexibility index (Phi) is 10.8. The van der Waals surface area contributed by atoms with E-state index in [0.717, 1.165) is 39.8 Å². The Morgan fingerprint density at radius 3 is 0.760 bits per heavy atom. The maximum Gasteiger partial charge on any atom is 0.0462 e. The van der Waals surface area contributed by atoms with Crippen LogP contribution in [0.3, 0.4) is 0 Å². The molecule has 0 aliphatic rings. The third kappa shape index (κ3) is 8.32. The smallest absolute Gasteiger partial charge is 0.0462 e. The highest BCUT2D eigenvalue weighted by atomic mass is 15.1. The lowest BCUT2D eigenvalue weighted by molar-refractivity contribution is 1.27. The van der Waals surface area contributed by atoms with Crippen molar-refractivity contribution >= 4 is 39.8 Å². The number of anilines is 7. The molecule has 0 spiro atoms. The van der Waals surface area contributed by atoms with Gasteiger partial charge in [-0.05, 0) is 128 Å². The van der Waals surface area contributed by atoms with Crippen molar-refractivity contribution in [1.82, 2.24) is 0 Å². The molecule has 0 saturated heterocycles. The summed E-state index contributed by atoms with van der Waals surface area (Å²) in [6.45, 7) is 10.3. The summed E-state index contributed by atoms with van der Waals surface area (Å²) >= 11 is 0. The van der Waals surface area contributed by atoms with Crippen molar-refractivity contribution in [3.8, 4) is 22.3 Å². The van der Waals surface area contributed by atoms with Crippen LogP contribution in [0.15, 0.2) is 170 Å². The highest BCUT2D eigenvalue weighted by Gasteiger charge is 2.13. The Bertz CT molecular complexity index is 1940. The Hall–Kier alpha value is -6.06. The standard InChI is InChI=1S/C45H39N3.C2H6/c1-32-4-18-39(19-5-32)46-41-22-10-35(11-23-41)37-14-28-44(29-15-37)48(43-26-8-34(3)9-27-43)45-30-16-38(17-31-45)36-12-24-42(25-13-36)47-40-20-6-33(2)7-21-40;1-2/h4-31,46-47H,1-3H3;1-2H3. The molecule has 3 heteroatoms. The zero-order valence-electron chi connectivity index (χ0n) is 29.6. The minimum Gasteiger partial charge on any atom is -0.356 e. The van der Waals surface area contributed by atoms with Crippen LogP contribution in [-0.4, -0.2) is 0 Å². The molecule has 7 aromatic rings. The molecule has 0 radical (unpaired) electrons. The van der Waals surface area contributed by atoms with Gasteiger partial charge < -0.3 is 15.5 Å². The molecule has 248 valence electrons. The lowest BCUT2D eigenvalue weighted by Gasteiger charge is -2.26. The lowest BCUT2D eigenvalue weighted by Crippen LogP contribution is -2.09. The van der Waals surface area contributed by atoms with Crippen LogP contribution >= 0.6 is 0 Å². The highest BCUT2D eigenvalue weighted by molar-refractivity contribution is 5.80. The molecule has 0 fully saturated rings. The summed E-state index contributed by atoms with van der Waals surface area (Å²) in [5, 5.41) is 6.98. The minimum absolute atomic E-state index is 1.07. The minimum atomic E-state index is 1.07. The molecule has 0 atom stereocenters. The van der Waals surface area contributed by atoms with E-state index in [2.05, 4.69) is 206 Å². The van der Waals surface area contributed by atoms with Crippen molar-refractivity contribution in [1.29, 1.82) is 0 Å². The number of nitrogens with zero attached hydrogens (tertiary/aromatic N) is 1. The number of hydrogen-bond donors (Lipinski definition) is 2. The SMILES string of the molecule is CC.Cc1ccc(Nc2ccc(-c3ccc(N(c4ccc(C)cc4)c4ccc(-c5ccc(Nc6ccc(C)cc6)cc5)cc4)cc3)cc2)cc1. The predicted octanol–water partition coefficient (Wildman–Crippen LogP) is 13.9. The van der Waals surface area contributed by atoms with Crippen LogP contribution < -0.4 is 15.5 Å². The van der Waals surface area contributed by atoms with Crippen LogP contribution in [0.4, 0.5) is 39.8 Å². The summed E-state index contributed by atoms with van der Waals surface area (Å²) in [5.41, 5.74) is 16.1. The molecular weight excluding hydrogens is 607 g/mol. The first kappa shape index (κ1) is 33.8. The Morgan fingerprint density at radius 1 is 0.280 bits per heavy atom. The quantitative estimate of drug-likeness (QED) is 0.163. The van der Waals surface area contributed by atoms with Gasteiger partial charge in [-0.1, -0.05) is 115 Å². The van der Waals surface area contributed by atoms with Crippen LogP contribution in [0, 0.1) is 20.8 Å². The van der Waals surface area contributed by atoms with E-state index in [-0.39, 0.29) is 0 Å². The third-order valence-corrected chi connectivity index (χ3v) is 8.66. The number of aryl methyl sites for hydroxylation is 3. The fourth-order valence-electron chi connectivity index (χ4n) is 5.85. The summed E-state index contributed by atoms with van der Waals surface area (Å²) in [6.07, 6.45) is 0. The summed E-state index contributed by atoms with van der Waals surface area (Å²) in [6, 6.07) is 60.6. The second-order valence-electron chi connectivity index (χ2n) is 12.4. The molecule has 2 N–H and O–H groups in total. The second-order valence-corrected chi connectivity index (χ2v) is 12.4. The molecule has 0 heterocycles. The molecule has 3 nitrogen and oxygen atoms in total. The Morgan fingerprint density at radius 2 is 0.480 bits per heavy atom. The molecular formula is C47H45N3. The van der Waals surface area contributed by atoms with Gasteiger partial charge in [-0.15, -0.1) is 0 Å².